The zero-order valence-electron chi connectivity index (χ0n) is 8.00. The van der Waals surface area contributed by atoms with Gasteiger partial charge in [0, 0.05) is 6.42 Å². The second kappa shape index (κ2) is 6.31. The van der Waals surface area contributed by atoms with Gasteiger partial charge in [-0.3, -0.25) is 0 Å². The summed E-state index contributed by atoms with van der Waals surface area (Å²) in [6.45, 7) is 0. The van der Waals surface area contributed by atoms with E-state index in [0.29, 0.717) is 0 Å². The van der Waals surface area contributed by atoms with Gasteiger partial charge in [-0.15, -0.1) is 12.3 Å². The van der Waals surface area contributed by atoms with E-state index in [2.05, 4.69) is 36.3 Å². The molecule has 0 spiro atoms. The number of unbranched alkanes of at least 4 members (excludes halogenated alkanes) is 3. The molecule has 0 aliphatic rings. The number of hydrogen-bond acceptors (Lipinski definition) is 0. The summed E-state index contributed by atoms with van der Waals surface area (Å²) in [5, 5.41) is 0. The van der Waals surface area contributed by atoms with Crippen molar-refractivity contribution >= 4 is 0 Å². The van der Waals surface area contributed by atoms with E-state index in [1.807, 2.05) is 0 Å². The molecule has 0 saturated carbocycles. The summed E-state index contributed by atoms with van der Waals surface area (Å²) in [4.78, 5) is 0. The van der Waals surface area contributed by atoms with Crippen molar-refractivity contribution < 1.29 is 0 Å². The molecule has 13 heavy (non-hydrogen) atoms. The fourth-order valence-electron chi connectivity index (χ4n) is 1.38. The average Bonchev–Trinajstić information content (AvgIpc) is 2.19. The van der Waals surface area contributed by atoms with Crippen molar-refractivity contribution in [1.82, 2.24) is 0 Å². The summed E-state index contributed by atoms with van der Waals surface area (Å²) in [5.74, 6) is 2.67. The van der Waals surface area contributed by atoms with E-state index in [9.17, 15) is 0 Å². The quantitative estimate of drug-likeness (QED) is 0.365. The Labute approximate surface area is 81.0 Å². The van der Waals surface area contributed by atoms with E-state index in [1.54, 1.807) is 0 Å². The number of benzene rings is 1. The first-order valence-electron chi connectivity index (χ1n) is 4.91. The lowest BCUT2D eigenvalue weighted by molar-refractivity contribution is 0.693. The minimum absolute atomic E-state index is 0.925. The Balaban J connectivity index is 2.11. The van der Waals surface area contributed by atoms with Crippen molar-refractivity contribution in [2.75, 3.05) is 0 Å². The highest BCUT2D eigenvalue weighted by atomic mass is 14.4. The van der Waals surface area contributed by atoms with Gasteiger partial charge in [-0.2, -0.15) is 0 Å². The molecule has 1 aromatic rings. The van der Waals surface area contributed by atoms with E-state index in [0.717, 1.165) is 6.42 Å². The second-order valence-corrected chi connectivity index (χ2v) is 3.25. The third-order valence-electron chi connectivity index (χ3n) is 2.13. The third kappa shape index (κ3) is 4.38. The van der Waals surface area contributed by atoms with Crippen LogP contribution in [0.15, 0.2) is 30.3 Å². The van der Waals surface area contributed by atoms with Gasteiger partial charge in [0.2, 0.25) is 0 Å². The molecule has 0 amide bonds. The molecule has 0 unspecified atom stereocenters. The minimum Gasteiger partial charge on any atom is -0.120 e. The largest absolute Gasteiger partial charge is 0.120 e. The average molecular weight is 175 g/mol. The summed E-state index contributed by atoms with van der Waals surface area (Å²) in [5.41, 5.74) is 1.43. The predicted molar refractivity (Wildman–Crippen MR) is 57.4 cm³/mol. The van der Waals surface area contributed by atoms with Gasteiger partial charge < -0.3 is 0 Å². The van der Waals surface area contributed by atoms with Crippen molar-refractivity contribution in [3.05, 3.63) is 35.9 Å². The van der Waals surface area contributed by atoms with Crippen LogP contribution in [0.2, 0.25) is 0 Å². The third-order valence-corrected chi connectivity index (χ3v) is 2.13. The highest BCUT2D eigenvalue weighted by molar-refractivity contribution is 5.14. The predicted octanol–water partition coefficient (Wildman–Crippen LogP) is 3.42. The molecule has 0 bridgehead atoms. The molecule has 0 heterocycles. The van der Waals surface area contributed by atoms with E-state index >= 15 is 0 Å². The van der Waals surface area contributed by atoms with Gasteiger partial charge in [0.05, 0.1) is 0 Å². The van der Waals surface area contributed by atoms with Crippen LogP contribution in [-0.4, -0.2) is 0 Å². The van der Waals surface area contributed by atoms with Gasteiger partial charge in [-0.05, 0) is 24.8 Å². The van der Waals surface area contributed by atoms with Gasteiger partial charge in [-0.1, -0.05) is 36.8 Å². The molecule has 0 nitrogen and oxygen atoms in total. The number of aryl methyl sites for hydroxylation is 1. The SMILES string of the molecule is [13CH]#[13C][13CH2]CCCCc1ccccc1. The van der Waals surface area contributed by atoms with E-state index in [1.165, 1.54) is 31.2 Å². The van der Waals surface area contributed by atoms with Crippen molar-refractivity contribution in [1.29, 1.82) is 0 Å². The number of rotatable bonds is 5. The number of hydrogen-bond donors (Lipinski definition) is 0. The fraction of sp³-hybridized carbons (Fsp3) is 0.385. The first-order valence-corrected chi connectivity index (χ1v) is 4.91. The molecule has 0 atom stereocenters. The lowest BCUT2D eigenvalue weighted by Crippen LogP contribution is -1.84. The van der Waals surface area contributed by atoms with Crippen LogP contribution >= 0.6 is 0 Å². The smallest absolute Gasteiger partial charge is 0.00860 e. The Kier molecular flexibility index (Phi) is 4.79. The van der Waals surface area contributed by atoms with Crippen molar-refractivity contribution in [3.8, 4) is 12.3 Å². The summed E-state index contributed by atoms with van der Waals surface area (Å²) in [6.07, 6.45) is 11.0. The Hall–Kier alpha value is -1.22. The van der Waals surface area contributed by atoms with Crippen LogP contribution in [0.5, 0.6) is 0 Å². The first-order chi connectivity index (χ1) is 6.43. The van der Waals surface area contributed by atoms with E-state index in [4.69, 9.17) is 6.42 Å². The topological polar surface area (TPSA) is 0 Å². The fourth-order valence-corrected chi connectivity index (χ4v) is 1.38. The molecule has 0 aromatic heterocycles. The van der Waals surface area contributed by atoms with Crippen LogP contribution in [0.25, 0.3) is 0 Å². The van der Waals surface area contributed by atoms with E-state index in [-0.39, 0.29) is 0 Å². The minimum atomic E-state index is 0.925. The van der Waals surface area contributed by atoms with Gasteiger partial charge in [-0.25, -0.2) is 0 Å². The van der Waals surface area contributed by atoms with Crippen molar-refractivity contribution in [3.63, 3.8) is 0 Å². The zero-order valence-corrected chi connectivity index (χ0v) is 8.00. The molecular weight excluding hydrogens is 159 g/mol. The molecule has 0 N–H and O–H groups in total. The van der Waals surface area contributed by atoms with Crippen LogP contribution < -0.4 is 0 Å². The van der Waals surface area contributed by atoms with Crippen molar-refractivity contribution in [2.24, 2.45) is 0 Å². The number of terminal acetylenes is 1. The molecule has 0 heteroatoms. The molecule has 1 aromatic carbocycles. The highest BCUT2D eigenvalue weighted by Gasteiger charge is 1.91. The molecule has 1 rings (SSSR count). The lowest BCUT2D eigenvalue weighted by atomic mass is 10.1. The molecule has 0 radical (unpaired) electrons. The Morgan fingerprint density at radius 3 is 2.46 bits per heavy atom. The normalized spacial score (nSPS) is 9.46. The summed E-state index contributed by atoms with van der Waals surface area (Å²) in [6, 6.07) is 10.6. The summed E-state index contributed by atoms with van der Waals surface area (Å²) in [7, 11) is 0. The standard InChI is InChI=1S/C13H16/c1-2-3-4-5-7-10-13-11-8-6-9-12-13/h1,6,8-9,11-12H,3-5,7,10H2/i1+1,2+1,3+1. The monoisotopic (exact) mass is 175 g/mol. The van der Waals surface area contributed by atoms with Crippen molar-refractivity contribution in [2.45, 2.75) is 32.1 Å². The molecular formula is C13H16. The highest BCUT2D eigenvalue weighted by Crippen LogP contribution is 2.06. The Bertz CT molecular complexity index is 253. The maximum atomic E-state index is 5.17. The van der Waals surface area contributed by atoms with Crippen LogP contribution in [0, 0.1) is 12.3 Å². The molecule has 68 valence electrons. The first kappa shape index (κ1) is 9.86. The molecule has 0 aliphatic heterocycles. The Morgan fingerprint density at radius 2 is 1.77 bits per heavy atom. The van der Waals surface area contributed by atoms with Crippen LogP contribution in [0.3, 0.4) is 0 Å². The second-order valence-electron chi connectivity index (χ2n) is 3.25. The zero-order chi connectivity index (χ0) is 9.36. The van der Waals surface area contributed by atoms with Crippen LogP contribution in [0.1, 0.15) is 31.2 Å². The van der Waals surface area contributed by atoms with Crippen LogP contribution in [-0.2, 0) is 6.42 Å². The lowest BCUT2D eigenvalue weighted by Gasteiger charge is -1.99. The Morgan fingerprint density at radius 1 is 1.00 bits per heavy atom. The maximum absolute atomic E-state index is 5.17. The van der Waals surface area contributed by atoms with Gasteiger partial charge in [0.25, 0.3) is 0 Å². The maximum Gasteiger partial charge on any atom is 0.00860 e. The van der Waals surface area contributed by atoms with Gasteiger partial charge >= 0.3 is 0 Å². The van der Waals surface area contributed by atoms with E-state index < -0.39 is 0 Å². The summed E-state index contributed by atoms with van der Waals surface area (Å²) < 4.78 is 0. The molecule has 0 fully saturated rings. The molecule has 0 saturated heterocycles. The van der Waals surface area contributed by atoms with Gasteiger partial charge in [0.15, 0.2) is 0 Å². The van der Waals surface area contributed by atoms with Crippen LogP contribution in [0.4, 0.5) is 0 Å². The summed E-state index contributed by atoms with van der Waals surface area (Å²) >= 11 is 0. The van der Waals surface area contributed by atoms with Gasteiger partial charge in [0.1, 0.15) is 0 Å². The molecule has 0 aliphatic carbocycles.